The number of nitrogens with zero attached hydrogens (tertiary/aromatic N) is 1. The standard InChI is InChI=1S/C18H24N2O3S/c1-3-22-11-5-10-19-17(21)12-15-13-24-18(20-15)14-6-8-16(9-7-14)23-4-2/h6-9,13H,3-5,10-12H2,1-2H3,(H,19,21). The normalized spacial score (nSPS) is 10.6. The summed E-state index contributed by atoms with van der Waals surface area (Å²) in [6, 6.07) is 7.85. The molecule has 0 atom stereocenters. The monoisotopic (exact) mass is 348 g/mol. The number of ether oxygens (including phenoxy) is 2. The highest BCUT2D eigenvalue weighted by atomic mass is 32.1. The van der Waals surface area contributed by atoms with E-state index in [2.05, 4.69) is 10.3 Å². The van der Waals surface area contributed by atoms with E-state index in [0.29, 0.717) is 32.8 Å². The molecule has 0 aliphatic carbocycles. The first-order valence-electron chi connectivity index (χ1n) is 8.25. The van der Waals surface area contributed by atoms with Gasteiger partial charge in [-0.1, -0.05) is 0 Å². The molecule has 2 aromatic rings. The molecular weight excluding hydrogens is 324 g/mol. The third-order valence-electron chi connectivity index (χ3n) is 3.30. The molecule has 0 fully saturated rings. The molecule has 0 radical (unpaired) electrons. The number of hydrogen-bond acceptors (Lipinski definition) is 5. The van der Waals surface area contributed by atoms with Crippen LogP contribution in [0.1, 0.15) is 26.0 Å². The van der Waals surface area contributed by atoms with Crippen LogP contribution in [-0.2, 0) is 16.0 Å². The van der Waals surface area contributed by atoms with Gasteiger partial charge in [-0.05, 0) is 44.5 Å². The van der Waals surface area contributed by atoms with Crippen molar-refractivity contribution in [2.24, 2.45) is 0 Å². The Balaban J connectivity index is 1.83. The average molecular weight is 348 g/mol. The second-order valence-electron chi connectivity index (χ2n) is 5.18. The molecule has 1 aromatic carbocycles. The highest BCUT2D eigenvalue weighted by Crippen LogP contribution is 2.25. The third-order valence-corrected chi connectivity index (χ3v) is 4.24. The van der Waals surface area contributed by atoms with Gasteiger partial charge in [-0.25, -0.2) is 4.98 Å². The minimum Gasteiger partial charge on any atom is -0.494 e. The van der Waals surface area contributed by atoms with E-state index in [1.807, 2.05) is 43.5 Å². The average Bonchev–Trinajstić information content (AvgIpc) is 3.04. The van der Waals surface area contributed by atoms with Gasteiger partial charge in [0.15, 0.2) is 0 Å². The van der Waals surface area contributed by atoms with E-state index < -0.39 is 0 Å². The van der Waals surface area contributed by atoms with Crippen molar-refractivity contribution in [3.05, 3.63) is 35.3 Å². The van der Waals surface area contributed by atoms with Crippen LogP contribution >= 0.6 is 11.3 Å². The number of aromatic nitrogens is 1. The number of carbonyl (C=O) groups excluding carboxylic acids is 1. The van der Waals surface area contributed by atoms with Gasteiger partial charge < -0.3 is 14.8 Å². The van der Waals surface area contributed by atoms with E-state index >= 15 is 0 Å². The fourth-order valence-electron chi connectivity index (χ4n) is 2.15. The van der Waals surface area contributed by atoms with Crippen LogP contribution in [0.3, 0.4) is 0 Å². The van der Waals surface area contributed by atoms with Crippen molar-refractivity contribution in [1.29, 1.82) is 0 Å². The van der Waals surface area contributed by atoms with Crippen molar-refractivity contribution in [1.82, 2.24) is 10.3 Å². The predicted molar refractivity (Wildman–Crippen MR) is 96.5 cm³/mol. The smallest absolute Gasteiger partial charge is 0.226 e. The molecule has 1 aromatic heterocycles. The molecule has 1 N–H and O–H groups in total. The predicted octanol–water partition coefficient (Wildman–Crippen LogP) is 3.29. The van der Waals surface area contributed by atoms with Crippen molar-refractivity contribution >= 4 is 17.2 Å². The molecule has 24 heavy (non-hydrogen) atoms. The topological polar surface area (TPSA) is 60.5 Å². The zero-order valence-electron chi connectivity index (χ0n) is 14.2. The SMILES string of the molecule is CCOCCCNC(=O)Cc1csc(-c2ccc(OCC)cc2)n1. The Labute approximate surface area is 147 Å². The molecule has 0 unspecified atom stereocenters. The van der Waals surface area contributed by atoms with Gasteiger partial charge in [0.2, 0.25) is 5.91 Å². The van der Waals surface area contributed by atoms with Crippen LogP contribution in [0.25, 0.3) is 10.6 Å². The Bertz CT molecular complexity index is 625. The van der Waals surface area contributed by atoms with E-state index in [4.69, 9.17) is 9.47 Å². The first-order chi connectivity index (χ1) is 11.7. The zero-order chi connectivity index (χ0) is 17.2. The Kier molecular flexibility index (Phi) is 7.71. The molecule has 0 saturated carbocycles. The van der Waals surface area contributed by atoms with Crippen molar-refractivity contribution in [2.75, 3.05) is 26.4 Å². The molecule has 5 nitrogen and oxygen atoms in total. The number of benzene rings is 1. The summed E-state index contributed by atoms with van der Waals surface area (Å²) in [5, 5.41) is 5.74. The molecule has 0 bridgehead atoms. The molecule has 1 heterocycles. The maximum atomic E-state index is 11.9. The van der Waals surface area contributed by atoms with Crippen LogP contribution in [0.5, 0.6) is 5.75 Å². The molecular formula is C18H24N2O3S. The molecule has 0 aliphatic heterocycles. The lowest BCUT2D eigenvalue weighted by molar-refractivity contribution is -0.120. The minimum absolute atomic E-state index is 0.00459. The maximum Gasteiger partial charge on any atom is 0.226 e. The summed E-state index contributed by atoms with van der Waals surface area (Å²) in [7, 11) is 0. The Morgan fingerprint density at radius 2 is 2.00 bits per heavy atom. The van der Waals surface area contributed by atoms with Gasteiger partial charge in [-0.3, -0.25) is 4.79 Å². The fraction of sp³-hybridized carbons (Fsp3) is 0.444. The highest BCUT2D eigenvalue weighted by molar-refractivity contribution is 7.13. The van der Waals surface area contributed by atoms with Crippen LogP contribution in [0.4, 0.5) is 0 Å². The van der Waals surface area contributed by atoms with Crippen molar-refractivity contribution < 1.29 is 14.3 Å². The van der Waals surface area contributed by atoms with E-state index in [0.717, 1.165) is 28.4 Å². The summed E-state index contributed by atoms with van der Waals surface area (Å²) in [6.07, 6.45) is 1.14. The lowest BCUT2D eigenvalue weighted by Crippen LogP contribution is -2.26. The van der Waals surface area contributed by atoms with Gasteiger partial charge in [0.05, 0.1) is 18.7 Å². The minimum atomic E-state index is -0.00459. The van der Waals surface area contributed by atoms with Gasteiger partial charge in [-0.2, -0.15) is 0 Å². The number of thiazole rings is 1. The molecule has 0 saturated heterocycles. The number of carbonyl (C=O) groups is 1. The number of hydrogen-bond donors (Lipinski definition) is 1. The summed E-state index contributed by atoms with van der Waals surface area (Å²) in [5.74, 6) is 0.847. The molecule has 0 spiro atoms. The lowest BCUT2D eigenvalue weighted by atomic mass is 10.2. The number of nitrogens with one attached hydrogen (secondary N) is 1. The van der Waals surface area contributed by atoms with Crippen LogP contribution in [-0.4, -0.2) is 37.3 Å². The van der Waals surface area contributed by atoms with Crippen LogP contribution in [0.2, 0.25) is 0 Å². The van der Waals surface area contributed by atoms with E-state index in [-0.39, 0.29) is 5.91 Å². The van der Waals surface area contributed by atoms with Gasteiger partial charge in [0.25, 0.3) is 0 Å². The fourth-order valence-corrected chi connectivity index (χ4v) is 2.98. The van der Waals surface area contributed by atoms with Crippen LogP contribution in [0.15, 0.2) is 29.6 Å². The van der Waals surface area contributed by atoms with E-state index in [9.17, 15) is 4.79 Å². The Hall–Kier alpha value is -1.92. The molecule has 130 valence electrons. The molecule has 2 rings (SSSR count). The maximum absolute atomic E-state index is 11.9. The number of amides is 1. The first-order valence-corrected chi connectivity index (χ1v) is 9.13. The van der Waals surface area contributed by atoms with Gasteiger partial charge in [-0.15, -0.1) is 11.3 Å². The van der Waals surface area contributed by atoms with E-state index in [1.54, 1.807) is 11.3 Å². The summed E-state index contributed by atoms with van der Waals surface area (Å²) < 4.78 is 10.7. The Morgan fingerprint density at radius 1 is 1.21 bits per heavy atom. The summed E-state index contributed by atoms with van der Waals surface area (Å²) in [4.78, 5) is 16.4. The molecule has 0 aliphatic rings. The third kappa shape index (κ3) is 5.94. The van der Waals surface area contributed by atoms with Crippen molar-refractivity contribution in [2.45, 2.75) is 26.7 Å². The molecule has 1 amide bonds. The summed E-state index contributed by atoms with van der Waals surface area (Å²) >= 11 is 1.55. The first kappa shape index (κ1) is 18.4. The summed E-state index contributed by atoms with van der Waals surface area (Å²) in [6.45, 7) is 6.59. The molecule has 6 heteroatoms. The van der Waals surface area contributed by atoms with Gasteiger partial charge in [0, 0.05) is 30.7 Å². The van der Waals surface area contributed by atoms with Gasteiger partial charge in [0.1, 0.15) is 10.8 Å². The van der Waals surface area contributed by atoms with Gasteiger partial charge >= 0.3 is 0 Å². The highest BCUT2D eigenvalue weighted by Gasteiger charge is 2.09. The quantitative estimate of drug-likeness (QED) is 0.669. The van der Waals surface area contributed by atoms with Crippen LogP contribution in [0, 0.1) is 0 Å². The zero-order valence-corrected chi connectivity index (χ0v) is 15.0. The Morgan fingerprint density at radius 3 is 2.71 bits per heavy atom. The lowest BCUT2D eigenvalue weighted by Gasteiger charge is -2.04. The second-order valence-corrected chi connectivity index (χ2v) is 6.04. The number of rotatable bonds is 10. The largest absolute Gasteiger partial charge is 0.494 e. The van der Waals surface area contributed by atoms with E-state index in [1.165, 1.54) is 0 Å². The van der Waals surface area contributed by atoms with Crippen LogP contribution < -0.4 is 10.1 Å². The van der Waals surface area contributed by atoms with Crippen molar-refractivity contribution in [3.8, 4) is 16.3 Å². The summed E-state index contributed by atoms with van der Waals surface area (Å²) in [5.41, 5.74) is 1.83. The second kappa shape index (κ2) is 10.1. The van der Waals surface area contributed by atoms with Crippen molar-refractivity contribution in [3.63, 3.8) is 0 Å².